The Labute approximate surface area is 130 Å². The van der Waals surface area contributed by atoms with Gasteiger partial charge in [-0.2, -0.15) is 0 Å². The Kier molecular flexibility index (Phi) is 6.01. The molecule has 1 aliphatic rings. The van der Waals surface area contributed by atoms with E-state index in [9.17, 15) is 9.59 Å². The summed E-state index contributed by atoms with van der Waals surface area (Å²) in [6.45, 7) is 1.81. The maximum absolute atomic E-state index is 11.9. The molecule has 1 aromatic rings. The lowest BCUT2D eigenvalue weighted by Crippen LogP contribution is -2.40. The van der Waals surface area contributed by atoms with E-state index in [2.05, 4.69) is 10.6 Å². The number of hydrogen-bond acceptors (Lipinski definition) is 3. The molecule has 0 aliphatic heterocycles. The molecule has 2 unspecified atom stereocenters. The Bertz CT molecular complexity index is 528. The number of hydrogen-bond donors (Lipinski definition) is 2. The van der Waals surface area contributed by atoms with Crippen LogP contribution in [-0.4, -0.2) is 24.1 Å². The van der Waals surface area contributed by atoms with Crippen molar-refractivity contribution in [3.05, 3.63) is 42.5 Å². The highest BCUT2D eigenvalue weighted by Gasteiger charge is 2.25. The third-order valence-electron chi connectivity index (χ3n) is 3.58. The van der Waals surface area contributed by atoms with Crippen molar-refractivity contribution in [2.45, 2.75) is 44.8 Å². The van der Waals surface area contributed by atoms with Crippen LogP contribution in [0.25, 0.3) is 0 Å². The summed E-state index contributed by atoms with van der Waals surface area (Å²) in [6.07, 6.45) is 5.95. The van der Waals surface area contributed by atoms with Gasteiger partial charge in [0.05, 0.1) is 0 Å². The summed E-state index contributed by atoms with van der Waals surface area (Å²) in [5.74, 6) is -0.0955. The molecule has 0 heterocycles. The molecule has 0 radical (unpaired) electrons. The molecular formula is C17H22N2O3. The van der Waals surface area contributed by atoms with E-state index in [1.807, 2.05) is 30.3 Å². The summed E-state index contributed by atoms with van der Waals surface area (Å²) in [4.78, 5) is 23.4. The monoisotopic (exact) mass is 302 g/mol. The first-order chi connectivity index (χ1) is 10.7. The van der Waals surface area contributed by atoms with Gasteiger partial charge in [-0.3, -0.25) is 10.1 Å². The van der Waals surface area contributed by atoms with Gasteiger partial charge in [0.2, 0.25) is 5.91 Å². The van der Waals surface area contributed by atoms with Gasteiger partial charge in [0.1, 0.15) is 6.10 Å². The summed E-state index contributed by atoms with van der Waals surface area (Å²) in [5, 5.41) is 5.64. The van der Waals surface area contributed by atoms with Gasteiger partial charge >= 0.3 is 6.09 Å². The number of carbonyl (C=O) groups excluding carboxylic acids is 2. The van der Waals surface area contributed by atoms with Gasteiger partial charge < -0.3 is 10.1 Å². The highest BCUT2D eigenvalue weighted by molar-refractivity contribution is 5.87. The average Bonchev–Trinajstić information content (AvgIpc) is 2.48. The van der Waals surface area contributed by atoms with E-state index in [1.165, 1.54) is 6.08 Å². The van der Waals surface area contributed by atoms with Crippen molar-refractivity contribution in [3.63, 3.8) is 0 Å². The predicted octanol–water partition coefficient (Wildman–Crippen LogP) is 3.24. The van der Waals surface area contributed by atoms with Crippen LogP contribution in [0.3, 0.4) is 0 Å². The van der Waals surface area contributed by atoms with Crippen LogP contribution in [0, 0.1) is 0 Å². The van der Waals surface area contributed by atoms with Gasteiger partial charge in [-0.15, -0.1) is 0 Å². The van der Waals surface area contributed by atoms with E-state index in [-0.39, 0.29) is 18.1 Å². The van der Waals surface area contributed by atoms with E-state index < -0.39 is 6.09 Å². The van der Waals surface area contributed by atoms with Crippen molar-refractivity contribution in [1.29, 1.82) is 0 Å². The summed E-state index contributed by atoms with van der Waals surface area (Å²) in [7, 11) is 0. The minimum Gasteiger partial charge on any atom is -0.446 e. The van der Waals surface area contributed by atoms with Gasteiger partial charge in [-0.1, -0.05) is 24.3 Å². The molecule has 1 aromatic carbocycles. The molecule has 5 nitrogen and oxygen atoms in total. The van der Waals surface area contributed by atoms with Crippen LogP contribution < -0.4 is 10.6 Å². The number of nitrogens with one attached hydrogen (secondary N) is 2. The molecule has 2 N–H and O–H groups in total. The summed E-state index contributed by atoms with van der Waals surface area (Å²) in [5.41, 5.74) is 0.709. The van der Waals surface area contributed by atoms with E-state index in [0.29, 0.717) is 12.1 Å². The minimum absolute atomic E-state index is 0.0620. The molecule has 2 amide bonds. The Morgan fingerprint density at radius 1 is 1.23 bits per heavy atom. The predicted molar refractivity (Wildman–Crippen MR) is 85.5 cm³/mol. The smallest absolute Gasteiger partial charge is 0.411 e. The Balaban J connectivity index is 1.79. The molecule has 118 valence electrons. The van der Waals surface area contributed by atoms with E-state index >= 15 is 0 Å². The van der Waals surface area contributed by atoms with Gasteiger partial charge in [0.15, 0.2) is 0 Å². The molecule has 1 aliphatic carbocycles. The van der Waals surface area contributed by atoms with Crippen LogP contribution in [0.5, 0.6) is 0 Å². The number of carbonyl (C=O) groups is 2. The molecule has 22 heavy (non-hydrogen) atoms. The maximum Gasteiger partial charge on any atom is 0.411 e. The number of allylic oxidation sites excluding steroid dienone is 1. The van der Waals surface area contributed by atoms with Crippen molar-refractivity contribution in [2.24, 2.45) is 0 Å². The first kappa shape index (κ1) is 16.1. The number of benzene rings is 1. The molecule has 0 saturated heterocycles. The Morgan fingerprint density at radius 2 is 2.00 bits per heavy atom. The molecule has 2 rings (SSSR count). The van der Waals surface area contributed by atoms with Gasteiger partial charge in [-0.25, -0.2) is 4.79 Å². The van der Waals surface area contributed by atoms with Crippen molar-refractivity contribution < 1.29 is 14.3 Å². The maximum atomic E-state index is 11.9. The Morgan fingerprint density at radius 3 is 2.73 bits per heavy atom. The molecule has 5 heteroatoms. The first-order valence-electron chi connectivity index (χ1n) is 7.63. The quantitative estimate of drug-likeness (QED) is 0.839. The normalized spacial score (nSPS) is 21.3. The average molecular weight is 302 g/mol. The molecule has 1 fully saturated rings. The highest BCUT2D eigenvalue weighted by Crippen LogP contribution is 2.22. The largest absolute Gasteiger partial charge is 0.446 e. The van der Waals surface area contributed by atoms with Crippen LogP contribution in [-0.2, 0) is 9.53 Å². The zero-order valence-corrected chi connectivity index (χ0v) is 12.7. The van der Waals surface area contributed by atoms with Crippen molar-refractivity contribution in [1.82, 2.24) is 5.32 Å². The third kappa shape index (κ3) is 5.24. The van der Waals surface area contributed by atoms with Crippen LogP contribution in [0.1, 0.15) is 32.6 Å². The van der Waals surface area contributed by atoms with Crippen LogP contribution in [0.4, 0.5) is 10.5 Å². The number of amides is 2. The molecular weight excluding hydrogens is 280 g/mol. The second kappa shape index (κ2) is 8.22. The zero-order chi connectivity index (χ0) is 15.8. The molecule has 0 bridgehead atoms. The Hall–Kier alpha value is -2.30. The van der Waals surface area contributed by atoms with E-state index in [1.54, 1.807) is 13.0 Å². The van der Waals surface area contributed by atoms with E-state index in [4.69, 9.17) is 4.74 Å². The van der Waals surface area contributed by atoms with Gasteiger partial charge in [0.25, 0.3) is 0 Å². The number of ether oxygens (including phenoxy) is 1. The number of anilines is 1. The highest BCUT2D eigenvalue weighted by atomic mass is 16.6. The van der Waals surface area contributed by atoms with Crippen molar-refractivity contribution in [3.8, 4) is 0 Å². The SMILES string of the molecule is CC=CC(=O)NC1CCCC(OC(=O)Nc2ccccc2)C1. The minimum atomic E-state index is -0.448. The lowest BCUT2D eigenvalue weighted by Gasteiger charge is -2.29. The van der Waals surface area contributed by atoms with Crippen LogP contribution in [0.2, 0.25) is 0 Å². The summed E-state index contributed by atoms with van der Waals surface area (Å²) in [6, 6.07) is 9.26. The van der Waals surface area contributed by atoms with Crippen LogP contribution in [0.15, 0.2) is 42.5 Å². The summed E-state index contributed by atoms with van der Waals surface area (Å²) >= 11 is 0. The fourth-order valence-corrected chi connectivity index (χ4v) is 2.60. The fraction of sp³-hybridized carbons (Fsp3) is 0.412. The van der Waals surface area contributed by atoms with Crippen LogP contribution >= 0.6 is 0 Å². The topological polar surface area (TPSA) is 67.4 Å². The third-order valence-corrected chi connectivity index (χ3v) is 3.58. The van der Waals surface area contributed by atoms with Gasteiger partial charge in [0, 0.05) is 18.2 Å². The first-order valence-corrected chi connectivity index (χ1v) is 7.63. The van der Waals surface area contributed by atoms with Crippen molar-refractivity contribution in [2.75, 3.05) is 5.32 Å². The van der Waals surface area contributed by atoms with Crippen molar-refractivity contribution >= 4 is 17.7 Å². The fourth-order valence-electron chi connectivity index (χ4n) is 2.60. The molecule has 2 atom stereocenters. The second-order valence-corrected chi connectivity index (χ2v) is 5.39. The van der Waals surface area contributed by atoms with E-state index in [0.717, 1.165) is 19.3 Å². The second-order valence-electron chi connectivity index (χ2n) is 5.39. The summed E-state index contributed by atoms with van der Waals surface area (Å²) < 4.78 is 5.45. The molecule has 0 aromatic heterocycles. The zero-order valence-electron chi connectivity index (χ0n) is 12.7. The number of para-hydroxylation sites is 1. The molecule has 0 spiro atoms. The lowest BCUT2D eigenvalue weighted by atomic mass is 9.93. The number of rotatable bonds is 4. The van der Waals surface area contributed by atoms with Gasteiger partial charge in [-0.05, 0) is 44.4 Å². The standard InChI is InChI=1S/C17H22N2O3/c1-2-7-16(20)18-14-10-6-11-15(12-14)22-17(21)19-13-8-4-3-5-9-13/h2-5,7-9,14-15H,6,10-12H2,1H3,(H,18,20)(H,19,21). The molecule has 1 saturated carbocycles. The lowest BCUT2D eigenvalue weighted by molar-refractivity contribution is -0.117.